The lowest BCUT2D eigenvalue weighted by atomic mass is 10.3. The van der Waals surface area contributed by atoms with Crippen LogP contribution in [-0.4, -0.2) is 34.3 Å². The molecule has 2 N–H and O–H groups in total. The first-order valence-corrected chi connectivity index (χ1v) is 5.97. The maximum atomic E-state index is 4.51. The Morgan fingerprint density at radius 2 is 1.95 bits per heavy atom. The number of hydrogen-bond donors (Lipinski definition) is 2. The van der Waals surface area contributed by atoms with Crippen LogP contribution in [0.5, 0.6) is 0 Å². The predicted octanol–water partition coefficient (Wildman–Crippen LogP) is 2.16. The summed E-state index contributed by atoms with van der Waals surface area (Å²) in [5, 5.41) is 10.8. The van der Waals surface area contributed by atoms with Gasteiger partial charge in [0, 0.05) is 19.8 Å². The van der Waals surface area contributed by atoms with Crippen LogP contribution < -0.4 is 10.2 Å². The van der Waals surface area contributed by atoms with E-state index in [1.807, 2.05) is 42.3 Å². The average molecular weight is 254 g/mol. The molecule has 0 bridgehead atoms. The molecule has 96 valence electrons. The average Bonchev–Trinajstić information content (AvgIpc) is 2.94. The Hall–Kier alpha value is -2.63. The Labute approximate surface area is 110 Å². The van der Waals surface area contributed by atoms with Gasteiger partial charge in [0.05, 0.1) is 11.6 Å². The van der Waals surface area contributed by atoms with Gasteiger partial charge in [-0.1, -0.05) is 18.2 Å². The maximum absolute atomic E-state index is 4.51. The minimum atomic E-state index is 0.564. The molecule has 19 heavy (non-hydrogen) atoms. The zero-order chi connectivity index (χ0) is 13.2. The number of nitrogens with zero attached hydrogens (tertiary/aromatic N) is 4. The fourth-order valence-electron chi connectivity index (χ4n) is 1.96. The highest BCUT2D eigenvalue weighted by molar-refractivity contribution is 5.89. The number of rotatable bonds is 3. The van der Waals surface area contributed by atoms with Gasteiger partial charge in [-0.15, -0.1) is 0 Å². The third kappa shape index (κ3) is 1.97. The summed E-state index contributed by atoms with van der Waals surface area (Å²) < 4.78 is 0. The smallest absolute Gasteiger partial charge is 0.226 e. The second kappa shape index (κ2) is 4.56. The van der Waals surface area contributed by atoms with Crippen LogP contribution in [0.15, 0.2) is 36.5 Å². The van der Waals surface area contributed by atoms with Crippen molar-refractivity contribution in [2.24, 2.45) is 0 Å². The van der Waals surface area contributed by atoms with Gasteiger partial charge in [0.25, 0.3) is 0 Å². The van der Waals surface area contributed by atoms with Crippen LogP contribution in [0.4, 0.5) is 17.5 Å². The molecule has 1 aromatic carbocycles. The summed E-state index contributed by atoms with van der Waals surface area (Å²) in [6.45, 7) is 0. The number of para-hydroxylation sites is 1. The van der Waals surface area contributed by atoms with Gasteiger partial charge in [-0.25, -0.2) is 0 Å². The molecule has 0 saturated heterocycles. The van der Waals surface area contributed by atoms with E-state index in [1.165, 1.54) is 0 Å². The second-order valence-corrected chi connectivity index (χ2v) is 4.15. The van der Waals surface area contributed by atoms with Crippen molar-refractivity contribution < 1.29 is 0 Å². The zero-order valence-corrected chi connectivity index (χ0v) is 10.8. The molecule has 0 fully saturated rings. The Kier molecular flexibility index (Phi) is 2.75. The highest BCUT2D eigenvalue weighted by Gasteiger charge is 2.13. The number of aromatic amines is 1. The largest absolute Gasteiger partial charge is 0.357 e. The van der Waals surface area contributed by atoms with Gasteiger partial charge in [0.1, 0.15) is 5.82 Å². The first-order chi connectivity index (χ1) is 9.29. The summed E-state index contributed by atoms with van der Waals surface area (Å²) in [5.41, 5.74) is 1.78. The van der Waals surface area contributed by atoms with Crippen molar-refractivity contribution in [1.29, 1.82) is 0 Å². The third-order valence-corrected chi connectivity index (χ3v) is 2.97. The predicted molar refractivity (Wildman–Crippen MR) is 75.7 cm³/mol. The monoisotopic (exact) mass is 254 g/mol. The molecule has 0 atom stereocenters. The molecule has 3 aromatic rings. The van der Waals surface area contributed by atoms with Crippen molar-refractivity contribution in [1.82, 2.24) is 20.2 Å². The number of hydrogen-bond acceptors (Lipinski definition) is 5. The van der Waals surface area contributed by atoms with Gasteiger partial charge in [-0.05, 0) is 12.1 Å². The Balaban J connectivity index is 2.16. The SMILES string of the molecule is CNc1nc(N(C)c2ccccc2)c2cn[nH]c2n1. The molecule has 0 aliphatic rings. The van der Waals surface area contributed by atoms with E-state index < -0.39 is 0 Å². The Morgan fingerprint density at radius 1 is 1.16 bits per heavy atom. The van der Waals surface area contributed by atoms with E-state index in [4.69, 9.17) is 0 Å². The number of anilines is 3. The molecule has 0 unspecified atom stereocenters. The van der Waals surface area contributed by atoms with Crippen molar-refractivity contribution in [2.45, 2.75) is 0 Å². The lowest BCUT2D eigenvalue weighted by molar-refractivity contribution is 1.08. The van der Waals surface area contributed by atoms with Crippen LogP contribution >= 0.6 is 0 Å². The van der Waals surface area contributed by atoms with Crippen LogP contribution in [0, 0.1) is 0 Å². The highest BCUT2D eigenvalue weighted by atomic mass is 15.2. The van der Waals surface area contributed by atoms with Crippen molar-refractivity contribution in [3.63, 3.8) is 0 Å². The number of aromatic nitrogens is 4. The number of benzene rings is 1. The van der Waals surface area contributed by atoms with Crippen LogP contribution in [-0.2, 0) is 0 Å². The molecule has 3 rings (SSSR count). The topological polar surface area (TPSA) is 69.7 Å². The first-order valence-electron chi connectivity index (χ1n) is 5.97. The number of nitrogens with one attached hydrogen (secondary N) is 2. The fraction of sp³-hybridized carbons (Fsp3) is 0.154. The normalized spacial score (nSPS) is 10.6. The van der Waals surface area contributed by atoms with Gasteiger partial charge >= 0.3 is 0 Å². The van der Waals surface area contributed by atoms with E-state index >= 15 is 0 Å². The third-order valence-electron chi connectivity index (χ3n) is 2.97. The summed E-state index contributed by atoms with van der Waals surface area (Å²) in [4.78, 5) is 10.8. The molecular weight excluding hydrogens is 240 g/mol. The van der Waals surface area contributed by atoms with Gasteiger partial charge < -0.3 is 10.2 Å². The summed E-state index contributed by atoms with van der Waals surface area (Å²) >= 11 is 0. The molecule has 0 amide bonds. The fourth-order valence-corrected chi connectivity index (χ4v) is 1.96. The minimum Gasteiger partial charge on any atom is -0.357 e. The van der Waals surface area contributed by atoms with Crippen LogP contribution in [0.25, 0.3) is 11.0 Å². The molecular formula is C13H14N6. The van der Waals surface area contributed by atoms with Crippen molar-refractivity contribution in [3.05, 3.63) is 36.5 Å². The summed E-state index contributed by atoms with van der Waals surface area (Å²) in [5.74, 6) is 1.38. The first kappa shape index (κ1) is 11.5. The van der Waals surface area contributed by atoms with E-state index in [0.29, 0.717) is 5.95 Å². The molecule has 0 aliphatic heterocycles. The molecule has 2 heterocycles. The van der Waals surface area contributed by atoms with Gasteiger partial charge in [0.2, 0.25) is 5.95 Å². The van der Waals surface area contributed by atoms with Gasteiger partial charge in [0.15, 0.2) is 5.65 Å². The van der Waals surface area contributed by atoms with E-state index in [1.54, 1.807) is 13.2 Å². The standard InChI is InChI=1S/C13H14N6/c1-14-13-16-11-10(8-15-18-11)12(17-13)19(2)9-6-4-3-5-7-9/h3-8H,1-2H3,(H2,14,15,16,17,18). The summed E-state index contributed by atoms with van der Waals surface area (Å²) in [6.07, 6.45) is 1.74. The van der Waals surface area contributed by atoms with Crippen molar-refractivity contribution in [2.75, 3.05) is 24.3 Å². The van der Waals surface area contributed by atoms with E-state index in [-0.39, 0.29) is 0 Å². The molecule has 6 nitrogen and oxygen atoms in total. The second-order valence-electron chi connectivity index (χ2n) is 4.15. The zero-order valence-electron chi connectivity index (χ0n) is 10.8. The van der Waals surface area contributed by atoms with E-state index in [9.17, 15) is 0 Å². The Morgan fingerprint density at radius 3 is 2.68 bits per heavy atom. The molecule has 0 spiro atoms. The quantitative estimate of drug-likeness (QED) is 0.749. The molecule has 0 aliphatic carbocycles. The van der Waals surface area contributed by atoms with Crippen molar-refractivity contribution in [3.8, 4) is 0 Å². The summed E-state index contributed by atoms with van der Waals surface area (Å²) in [7, 11) is 3.77. The van der Waals surface area contributed by atoms with Gasteiger partial charge in [-0.3, -0.25) is 5.10 Å². The lowest BCUT2D eigenvalue weighted by Crippen LogP contribution is -2.13. The minimum absolute atomic E-state index is 0.564. The molecule has 6 heteroatoms. The molecule has 2 aromatic heterocycles. The number of H-pyrrole nitrogens is 1. The number of fused-ring (bicyclic) bond motifs is 1. The van der Waals surface area contributed by atoms with Crippen LogP contribution in [0.1, 0.15) is 0 Å². The van der Waals surface area contributed by atoms with Gasteiger partial charge in [-0.2, -0.15) is 15.1 Å². The van der Waals surface area contributed by atoms with Crippen LogP contribution in [0.3, 0.4) is 0 Å². The highest BCUT2D eigenvalue weighted by Crippen LogP contribution is 2.28. The van der Waals surface area contributed by atoms with Crippen LogP contribution in [0.2, 0.25) is 0 Å². The van der Waals surface area contributed by atoms with E-state index in [2.05, 4.69) is 25.5 Å². The Bertz CT molecular complexity index is 691. The van der Waals surface area contributed by atoms with E-state index in [0.717, 1.165) is 22.5 Å². The van der Waals surface area contributed by atoms with Crippen molar-refractivity contribution >= 4 is 28.5 Å². The molecule has 0 radical (unpaired) electrons. The lowest BCUT2D eigenvalue weighted by Gasteiger charge is -2.19. The summed E-state index contributed by atoms with van der Waals surface area (Å²) in [6, 6.07) is 10.1. The maximum Gasteiger partial charge on any atom is 0.226 e. The molecule has 0 saturated carbocycles.